The van der Waals surface area contributed by atoms with Crippen molar-refractivity contribution in [2.24, 2.45) is 0 Å². The Hall–Kier alpha value is -1.40. The molecule has 120 valence electrons. The van der Waals surface area contributed by atoms with Gasteiger partial charge in [-0.25, -0.2) is 0 Å². The van der Waals surface area contributed by atoms with Crippen molar-refractivity contribution in [1.82, 2.24) is 10.2 Å². The summed E-state index contributed by atoms with van der Waals surface area (Å²) >= 11 is 3.35. The van der Waals surface area contributed by atoms with Crippen LogP contribution in [0, 0.1) is 0 Å². The highest BCUT2D eigenvalue weighted by Crippen LogP contribution is 2.21. The number of rotatable bonds is 6. The second-order valence-corrected chi connectivity index (χ2v) is 6.07. The van der Waals surface area contributed by atoms with Gasteiger partial charge >= 0.3 is 0 Å². The number of nitrogens with one attached hydrogen (secondary N) is 1. The first-order valence-corrected chi connectivity index (χ1v) is 8.34. The minimum Gasteiger partial charge on any atom is -0.380 e. The maximum absolute atomic E-state index is 12.6. The van der Waals surface area contributed by atoms with Gasteiger partial charge in [-0.3, -0.25) is 9.59 Å². The van der Waals surface area contributed by atoms with Gasteiger partial charge in [-0.2, -0.15) is 0 Å². The SMILES string of the molecule is CCOCCNC(=O)[C@H]1CCCN1C(=O)c1ccc(Br)cc1. The fourth-order valence-electron chi connectivity index (χ4n) is 2.55. The van der Waals surface area contributed by atoms with E-state index < -0.39 is 0 Å². The van der Waals surface area contributed by atoms with E-state index >= 15 is 0 Å². The first-order chi connectivity index (χ1) is 10.6. The van der Waals surface area contributed by atoms with Crippen LogP contribution in [0.1, 0.15) is 30.1 Å². The third kappa shape index (κ3) is 4.30. The predicted molar refractivity (Wildman–Crippen MR) is 87.7 cm³/mol. The Labute approximate surface area is 139 Å². The van der Waals surface area contributed by atoms with Gasteiger partial charge in [-0.1, -0.05) is 15.9 Å². The fourth-order valence-corrected chi connectivity index (χ4v) is 2.81. The summed E-state index contributed by atoms with van der Waals surface area (Å²) in [6.45, 7) is 4.14. The topological polar surface area (TPSA) is 58.6 Å². The van der Waals surface area contributed by atoms with Crippen LogP contribution in [0.2, 0.25) is 0 Å². The zero-order valence-electron chi connectivity index (χ0n) is 12.7. The first kappa shape index (κ1) is 17.0. The molecule has 1 aliphatic heterocycles. The molecule has 2 amide bonds. The van der Waals surface area contributed by atoms with Gasteiger partial charge < -0.3 is 15.0 Å². The molecule has 0 unspecified atom stereocenters. The number of halogens is 1. The van der Waals surface area contributed by atoms with Gasteiger partial charge in [0.05, 0.1) is 6.61 Å². The third-order valence-corrected chi connectivity index (χ3v) is 4.19. The number of nitrogens with zero attached hydrogens (tertiary/aromatic N) is 1. The molecule has 0 saturated carbocycles. The van der Waals surface area contributed by atoms with Crippen molar-refractivity contribution < 1.29 is 14.3 Å². The molecule has 1 N–H and O–H groups in total. The lowest BCUT2D eigenvalue weighted by Gasteiger charge is -2.24. The molecule has 1 aromatic carbocycles. The van der Waals surface area contributed by atoms with E-state index in [0.29, 0.717) is 38.3 Å². The summed E-state index contributed by atoms with van der Waals surface area (Å²) in [7, 11) is 0. The molecule has 5 nitrogen and oxygen atoms in total. The lowest BCUT2D eigenvalue weighted by atomic mass is 10.1. The zero-order valence-corrected chi connectivity index (χ0v) is 14.3. The number of likely N-dealkylation sites (tertiary alicyclic amines) is 1. The van der Waals surface area contributed by atoms with Gasteiger partial charge in [0.1, 0.15) is 6.04 Å². The highest BCUT2D eigenvalue weighted by atomic mass is 79.9. The molecule has 0 radical (unpaired) electrons. The molecule has 22 heavy (non-hydrogen) atoms. The van der Waals surface area contributed by atoms with Crippen molar-refractivity contribution in [3.8, 4) is 0 Å². The van der Waals surface area contributed by atoms with Crippen molar-refractivity contribution in [1.29, 1.82) is 0 Å². The zero-order chi connectivity index (χ0) is 15.9. The number of benzene rings is 1. The lowest BCUT2D eigenvalue weighted by Crippen LogP contribution is -2.46. The highest BCUT2D eigenvalue weighted by molar-refractivity contribution is 9.10. The summed E-state index contributed by atoms with van der Waals surface area (Å²) in [5.41, 5.74) is 0.609. The molecule has 1 aliphatic rings. The highest BCUT2D eigenvalue weighted by Gasteiger charge is 2.34. The average molecular weight is 369 g/mol. The number of ether oxygens (including phenoxy) is 1. The van der Waals surface area contributed by atoms with Crippen molar-refractivity contribution in [2.45, 2.75) is 25.8 Å². The quantitative estimate of drug-likeness (QED) is 0.783. The van der Waals surface area contributed by atoms with Gasteiger partial charge in [0.15, 0.2) is 0 Å². The molecule has 0 bridgehead atoms. The number of amides is 2. The Morgan fingerprint density at radius 3 is 2.77 bits per heavy atom. The van der Waals surface area contributed by atoms with Crippen molar-refractivity contribution >= 4 is 27.7 Å². The Kier molecular flexibility index (Phi) is 6.39. The van der Waals surface area contributed by atoms with Gasteiger partial charge in [0.25, 0.3) is 5.91 Å². The second-order valence-electron chi connectivity index (χ2n) is 5.15. The largest absolute Gasteiger partial charge is 0.380 e. The molecule has 1 aromatic rings. The van der Waals surface area contributed by atoms with Gasteiger partial charge in [-0.05, 0) is 44.0 Å². The molecule has 6 heteroatoms. The summed E-state index contributed by atoms with van der Waals surface area (Å²) in [4.78, 5) is 26.5. The molecule has 0 aromatic heterocycles. The fraction of sp³-hybridized carbons (Fsp3) is 0.500. The van der Waals surface area contributed by atoms with Crippen LogP contribution in [0.4, 0.5) is 0 Å². The first-order valence-electron chi connectivity index (χ1n) is 7.55. The second kappa shape index (κ2) is 8.29. The minimum absolute atomic E-state index is 0.0880. The number of hydrogen-bond donors (Lipinski definition) is 1. The summed E-state index contributed by atoms with van der Waals surface area (Å²) in [5.74, 6) is -0.183. The number of carbonyl (C=O) groups excluding carboxylic acids is 2. The van der Waals surface area contributed by atoms with Crippen LogP contribution >= 0.6 is 15.9 Å². The van der Waals surface area contributed by atoms with Crippen molar-refractivity contribution in [2.75, 3.05) is 26.3 Å². The molecule has 1 fully saturated rings. The Balaban J connectivity index is 1.96. The van der Waals surface area contributed by atoms with Crippen molar-refractivity contribution in [3.63, 3.8) is 0 Å². The Bertz CT molecular complexity index is 519. The third-order valence-electron chi connectivity index (χ3n) is 3.66. The number of hydrogen-bond acceptors (Lipinski definition) is 3. The van der Waals surface area contributed by atoms with E-state index in [-0.39, 0.29) is 17.9 Å². The molecule has 1 atom stereocenters. The Morgan fingerprint density at radius 2 is 2.09 bits per heavy atom. The smallest absolute Gasteiger partial charge is 0.254 e. The minimum atomic E-state index is -0.377. The van der Waals surface area contributed by atoms with E-state index in [0.717, 1.165) is 10.9 Å². The molecule has 1 heterocycles. The maximum atomic E-state index is 12.6. The van der Waals surface area contributed by atoms with E-state index in [1.807, 2.05) is 19.1 Å². The predicted octanol–water partition coefficient (Wildman–Crippen LogP) is 2.21. The summed E-state index contributed by atoms with van der Waals surface area (Å²) in [6.07, 6.45) is 1.56. The molecule has 2 rings (SSSR count). The molecule has 0 aliphatic carbocycles. The Morgan fingerprint density at radius 1 is 1.36 bits per heavy atom. The van der Waals surface area contributed by atoms with Gasteiger partial charge in [0.2, 0.25) is 5.91 Å². The van der Waals surface area contributed by atoms with Gasteiger partial charge in [0, 0.05) is 29.7 Å². The van der Waals surface area contributed by atoms with Crippen LogP contribution in [0.5, 0.6) is 0 Å². The maximum Gasteiger partial charge on any atom is 0.254 e. The van der Waals surface area contributed by atoms with Crippen LogP contribution in [-0.4, -0.2) is 49.1 Å². The van der Waals surface area contributed by atoms with Crippen LogP contribution in [0.3, 0.4) is 0 Å². The lowest BCUT2D eigenvalue weighted by molar-refractivity contribution is -0.125. The van der Waals surface area contributed by atoms with E-state index in [1.54, 1.807) is 17.0 Å². The van der Waals surface area contributed by atoms with Crippen LogP contribution in [0.25, 0.3) is 0 Å². The summed E-state index contributed by atoms with van der Waals surface area (Å²) in [6, 6.07) is 6.84. The number of carbonyl (C=O) groups is 2. The van der Waals surface area contributed by atoms with Crippen molar-refractivity contribution in [3.05, 3.63) is 34.3 Å². The normalized spacial score (nSPS) is 17.5. The molecule has 0 spiro atoms. The van der Waals surface area contributed by atoms with E-state index in [4.69, 9.17) is 4.74 Å². The monoisotopic (exact) mass is 368 g/mol. The van der Waals surface area contributed by atoms with E-state index in [1.165, 1.54) is 0 Å². The van der Waals surface area contributed by atoms with Crippen LogP contribution < -0.4 is 5.32 Å². The van der Waals surface area contributed by atoms with Gasteiger partial charge in [-0.15, -0.1) is 0 Å². The summed E-state index contributed by atoms with van der Waals surface area (Å²) in [5, 5.41) is 2.84. The van der Waals surface area contributed by atoms with E-state index in [2.05, 4.69) is 21.2 Å². The molecular formula is C16H21BrN2O3. The van der Waals surface area contributed by atoms with E-state index in [9.17, 15) is 9.59 Å². The van der Waals surface area contributed by atoms with Crippen LogP contribution in [-0.2, 0) is 9.53 Å². The summed E-state index contributed by atoms with van der Waals surface area (Å²) < 4.78 is 6.13. The average Bonchev–Trinajstić information content (AvgIpc) is 3.01. The molecule has 1 saturated heterocycles. The standard InChI is InChI=1S/C16H21BrN2O3/c1-2-22-11-9-18-15(20)14-4-3-10-19(14)16(21)12-5-7-13(17)8-6-12/h5-8,14H,2-4,9-11H2,1H3,(H,18,20)/t14-/m1/s1. The molecular weight excluding hydrogens is 348 g/mol. The van der Waals surface area contributed by atoms with Crippen LogP contribution in [0.15, 0.2) is 28.7 Å².